The van der Waals surface area contributed by atoms with Gasteiger partial charge in [-0.3, -0.25) is 9.63 Å². The molecule has 0 saturated heterocycles. The summed E-state index contributed by atoms with van der Waals surface area (Å²) < 4.78 is 0. The summed E-state index contributed by atoms with van der Waals surface area (Å²) >= 11 is 0. The summed E-state index contributed by atoms with van der Waals surface area (Å²) in [7, 11) is 1.41. The molecular formula is C7H14N2O2. The first-order chi connectivity index (χ1) is 5.19. The average molecular weight is 158 g/mol. The van der Waals surface area contributed by atoms with E-state index in [1.807, 2.05) is 0 Å². The molecule has 0 aliphatic heterocycles. The van der Waals surface area contributed by atoms with E-state index in [2.05, 4.69) is 10.3 Å². The number of carbonyl (C=O) groups is 1. The number of nitrogens with one attached hydrogen (secondary N) is 1. The van der Waals surface area contributed by atoms with E-state index < -0.39 is 5.54 Å². The van der Waals surface area contributed by atoms with Crippen LogP contribution in [0.2, 0.25) is 0 Å². The van der Waals surface area contributed by atoms with Crippen molar-refractivity contribution in [2.45, 2.75) is 31.2 Å². The van der Waals surface area contributed by atoms with Gasteiger partial charge in [0.15, 0.2) is 0 Å². The van der Waals surface area contributed by atoms with Crippen LogP contribution in [0, 0.1) is 0 Å². The minimum Gasteiger partial charge on any atom is -0.317 e. The number of hydroxylamine groups is 1. The minimum absolute atomic E-state index is 0.197. The molecule has 1 rings (SSSR count). The summed E-state index contributed by atoms with van der Waals surface area (Å²) in [6, 6.07) is 0. The van der Waals surface area contributed by atoms with Gasteiger partial charge in [-0.05, 0) is 12.8 Å². The van der Waals surface area contributed by atoms with Gasteiger partial charge in [0.2, 0.25) is 0 Å². The number of nitrogens with two attached hydrogens (primary N) is 1. The third-order valence-electron chi connectivity index (χ3n) is 2.14. The van der Waals surface area contributed by atoms with Crippen LogP contribution in [0.1, 0.15) is 25.7 Å². The lowest BCUT2D eigenvalue weighted by Gasteiger charge is -2.20. The van der Waals surface area contributed by atoms with Crippen molar-refractivity contribution in [1.82, 2.24) is 5.48 Å². The smallest absolute Gasteiger partial charge is 0.263 e. The van der Waals surface area contributed by atoms with Crippen LogP contribution in [0.5, 0.6) is 0 Å². The van der Waals surface area contributed by atoms with Crippen molar-refractivity contribution in [3.63, 3.8) is 0 Å². The number of rotatable bonds is 2. The SMILES string of the molecule is CONC(=O)C1(N)CCCC1. The highest BCUT2D eigenvalue weighted by Gasteiger charge is 2.36. The van der Waals surface area contributed by atoms with Crippen LogP contribution in [0.15, 0.2) is 0 Å². The molecule has 0 unspecified atom stereocenters. The van der Waals surface area contributed by atoms with Crippen molar-refractivity contribution >= 4 is 5.91 Å². The molecule has 0 heterocycles. The number of hydrogen-bond acceptors (Lipinski definition) is 3. The van der Waals surface area contributed by atoms with E-state index in [1.165, 1.54) is 7.11 Å². The molecule has 11 heavy (non-hydrogen) atoms. The Bertz CT molecular complexity index is 153. The molecule has 0 bridgehead atoms. The molecule has 1 fully saturated rings. The zero-order valence-electron chi connectivity index (χ0n) is 6.72. The van der Waals surface area contributed by atoms with Crippen LogP contribution in [-0.2, 0) is 9.63 Å². The van der Waals surface area contributed by atoms with Crippen LogP contribution in [0.25, 0.3) is 0 Å². The van der Waals surface area contributed by atoms with Gasteiger partial charge in [-0.15, -0.1) is 0 Å². The summed E-state index contributed by atoms with van der Waals surface area (Å²) in [5, 5.41) is 0. The van der Waals surface area contributed by atoms with Gasteiger partial charge in [0.1, 0.15) is 0 Å². The number of amides is 1. The highest BCUT2D eigenvalue weighted by atomic mass is 16.6. The number of carbonyl (C=O) groups excluding carboxylic acids is 1. The van der Waals surface area contributed by atoms with E-state index >= 15 is 0 Å². The lowest BCUT2D eigenvalue weighted by Crippen LogP contribution is -2.51. The quantitative estimate of drug-likeness (QED) is 0.553. The Morgan fingerprint density at radius 2 is 2.09 bits per heavy atom. The highest BCUT2D eigenvalue weighted by Crippen LogP contribution is 2.26. The van der Waals surface area contributed by atoms with Gasteiger partial charge in [-0.2, -0.15) is 0 Å². The van der Waals surface area contributed by atoms with E-state index in [-0.39, 0.29) is 5.91 Å². The van der Waals surface area contributed by atoms with Gasteiger partial charge >= 0.3 is 0 Å². The zero-order valence-corrected chi connectivity index (χ0v) is 6.72. The predicted molar refractivity (Wildman–Crippen MR) is 40.5 cm³/mol. The van der Waals surface area contributed by atoms with Crippen molar-refractivity contribution in [1.29, 1.82) is 0 Å². The van der Waals surface area contributed by atoms with E-state index in [0.717, 1.165) is 25.7 Å². The fraction of sp³-hybridized carbons (Fsp3) is 0.857. The van der Waals surface area contributed by atoms with Gasteiger partial charge in [-0.25, -0.2) is 5.48 Å². The van der Waals surface area contributed by atoms with E-state index in [9.17, 15) is 4.79 Å². The van der Waals surface area contributed by atoms with Crippen LogP contribution in [0.4, 0.5) is 0 Å². The molecule has 0 aromatic carbocycles. The maximum atomic E-state index is 11.2. The van der Waals surface area contributed by atoms with Crippen molar-refractivity contribution in [3.8, 4) is 0 Å². The molecule has 0 atom stereocenters. The summed E-state index contributed by atoms with van der Waals surface area (Å²) in [5.74, 6) is -0.197. The summed E-state index contributed by atoms with van der Waals surface area (Å²) in [5.41, 5.74) is 7.39. The summed E-state index contributed by atoms with van der Waals surface area (Å²) in [4.78, 5) is 15.7. The van der Waals surface area contributed by atoms with Crippen molar-refractivity contribution in [2.24, 2.45) is 5.73 Å². The monoisotopic (exact) mass is 158 g/mol. The first-order valence-electron chi connectivity index (χ1n) is 3.81. The van der Waals surface area contributed by atoms with Gasteiger partial charge in [0.05, 0.1) is 12.6 Å². The summed E-state index contributed by atoms with van der Waals surface area (Å²) in [6.07, 6.45) is 3.60. The maximum Gasteiger partial charge on any atom is 0.263 e. The summed E-state index contributed by atoms with van der Waals surface area (Å²) in [6.45, 7) is 0. The Balaban J connectivity index is 2.49. The van der Waals surface area contributed by atoms with Crippen LogP contribution >= 0.6 is 0 Å². The molecule has 0 spiro atoms. The molecular weight excluding hydrogens is 144 g/mol. The Kier molecular flexibility index (Phi) is 2.46. The van der Waals surface area contributed by atoms with E-state index in [1.54, 1.807) is 0 Å². The number of hydrogen-bond donors (Lipinski definition) is 2. The fourth-order valence-electron chi connectivity index (χ4n) is 1.43. The lowest BCUT2D eigenvalue weighted by atomic mass is 9.99. The van der Waals surface area contributed by atoms with Gasteiger partial charge in [0.25, 0.3) is 5.91 Å². The highest BCUT2D eigenvalue weighted by molar-refractivity contribution is 5.85. The van der Waals surface area contributed by atoms with E-state index in [4.69, 9.17) is 5.73 Å². The van der Waals surface area contributed by atoms with Crippen molar-refractivity contribution in [3.05, 3.63) is 0 Å². The first-order valence-corrected chi connectivity index (χ1v) is 3.81. The van der Waals surface area contributed by atoms with Gasteiger partial charge in [0, 0.05) is 0 Å². The molecule has 1 aliphatic carbocycles. The third-order valence-corrected chi connectivity index (χ3v) is 2.14. The average Bonchev–Trinajstić information content (AvgIpc) is 2.38. The molecule has 4 nitrogen and oxygen atoms in total. The normalized spacial score (nSPS) is 21.6. The standard InChI is InChI=1S/C7H14N2O2/c1-11-9-6(10)7(8)4-2-3-5-7/h2-5,8H2,1H3,(H,9,10). The molecule has 4 heteroatoms. The van der Waals surface area contributed by atoms with Crippen LogP contribution < -0.4 is 11.2 Å². The molecule has 1 amide bonds. The second-order valence-electron chi connectivity index (χ2n) is 3.00. The van der Waals surface area contributed by atoms with Crippen LogP contribution in [0.3, 0.4) is 0 Å². The van der Waals surface area contributed by atoms with Crippen molar-refractivity contribution < 1.29 is 9.63 Å². The fourth-order valence-corrected chi connectivity index (χ4v) is 1.43. The zero-order chi connectivity index (χ0) is 8.32. The van der Waals surface area contributed by atoms with Gasteiger partial charge in [-0.1, -0.05) is 12.8 Å². The second-order valence-corrected chi connectivity index (χ2v) is 3.00. The molecule has 3 N–H and O–H groups in total. The molecule has 0 radical (unpaired) electrons. The van der Waals surface area contributed by atoms with Crippen LogP contribution in [-0.4, -0.2) is 18.6 Å². The molecule has 64 valence electrons. The third kappa shape index (κ3) is 1.70. The lowest BCUT2D eigenvalue weighted by molar-refractivity contribution is -0.136. The Labute approximate surface area is 66.0 Å². The molecule has 1 saturated carbocycles. The molecule has 0 aromatic rings. The maximum absolute atomic E-state index is 11.2. The predicted octanol–water partition coefficient (Wildman–Crippen LogP) is -0.0645. The van der Waals surface area contributed by atoms with Crippen molar-refractivity contribution in [2.75, 3.05) is 7.11 Å². The molecule has 0 aromatic heterocycles. The Hall–Kier alpha value is -0.610. The van der Waals surface area contributed by atoms with E-state index in [0.29, 0.717) is 0 Å². The Morgan fingerprint density at radius 1 is 1.55 bits per heavy atom. The van der Waals surface area contributed by atoms with Gasteiger partial charge < -0.3 is 5.73 Å². The Morgan fingerprint density at radius 3 is 2.55 bits per heavy atom. The first kappa shape index (κ1) is 8.49. The minimum atomic E-state index is -0.671. The molecule has 1 aliphatic rings. The second kappa shape index (κ2) is 3.19. The topological polar surface area (TPSA) is 64.3 Å². The largest absolute Gasteiger partial charge is 0.317 e.